The fourth-order valence-corrected chi connectivity index (χ4v) is 4.02. The van der Waals surface area contributed by atoms with E-state index >= 15 is 0 Å². The lowest BCUT2D eigenvalue weighted by molar-refractivity contribution is 0.102. The smallest absolute Gasteiger partial charge is 0.255 e. The van der Waals surface area contributed by atoms with Gasteiger partial charge < -0.3 is 19.5 Å². The van der Waals surface area contributed by atoms with Crippen molar-refractivity contribution in [3.8, 4) is 39.1 Å². The quantitative estimate of drug-likeness (QED) is 0.422. The largest absolute Gasteiger partial charge is 0.493 e. The number of carbonyl (C=O) groups is 1. The highest BCUT2D eigenvalue weighted by Gasteiger charge is 2.17. The highest BCUT2D eigenvalue weighted by Crippen LogP contribution is 2.38. The minimum Gasteiger partial charge on any atom is -0.493 e. The number of benzene rings is 2. The molecule has 0 saturated heterocycles. The molecule has 0 aliphatic carbocycles. The molecule has 0 aliphatic heterocycles. The third kappa shape index (κ3) is 4.40. The summed E-state index contributed by atoms with van der Waals surface area (Å²) in [5, 5.41) is 5.80. The van der Waals surface area contributed by atoms with Gasteiger partial charge in [-0.05, 0) is 36.4 Å². The van der Waals surface area contributed by atoms with Gasteiger partial charge in [-0.25, -0.2) is 4.98 Å². The summed E-state index contributed by atoms with van der Waals surface area (Å²) in [6, 6.07) is 14.6. The molecular weight excluding hydrogens is 426 g/mol. The Labute approximate surface area is 189 Å². The third-order valence-corrected chi connectivity index (χ3v) is 5.65. The fraction of sp³-hybridized carbons (Fsp3) is 0.125. The second-order valence-corrected chi connectivity index (χ2v) is 7.59. The van der Waals surface area contributed by atoms with Gasteiger partial charge >= 0.3 is 0 Å². The minimum absolute atomic E-state index is 0.296. The average molecular weight is 448 g/mol. The maximum atomic E-state index is 12.9. The van der Waals surface area contributed by atoms with Gasteiger partial charge in [0.2, 0.25) is 5.75 Å². The molecule has 2 aromatic heterocycles. The minimum atomic E-state index is -0.296. The molecule has 0 fully saturated rings. The number of nitrogens with one attached hydrogen (secondary N) is 1. The van der Waals surface area contributed by atoms with E-state index in [1.165, 1.54) is 21.3 Å². The molecule has 0 bridgehead atoms. The average Bonchev–Trinajstić information content (AvgIpc) is 3.34. The first-order valence-corrected chi connectivity index (χ1v) is 10.6. The number of methoxy groups -OCH3 is 3. The standard InChI is InChI=1S/C24H21N3O4S/c1-29-20-11-17(12-21(30-2)22(20)31-3)23(28)26-18-8-4-6-15(10-18)19-14-32-24(27-19)16-7-5-9-25-13-16/h4-14H,1-3H3,(H,26,28). The number of thiazole rings is 1. The molecule has 32 heavy (non-hydrogen) atoms. The molecule has 2 heterocycles. The molecule has 0 atom stereocenters. The van der Waals surface area contributed by atoms with Crippen molar-refractivity contribution in [3.05, 3.63) is 71.9 Å². The van der Waals surface area contributed by atoms with Crippen LogP contribution in [-0.4, -0.2) is 37.2 Å². The van der Waals surface area contributed by atoms with Crippen LogP contribution in [0.25, 0.3) is 21.8 Å². The number of carbonyl (C=O) groups excluding carboxylic acids is 1. The molecule has 0 aliphatic rings. The monoisotopic (exact) mass is 447 g/mol. The van der Waals surface area contributed by atoms with Crippen molar-refractivity contribution in [2.45, 2.75) is 0 Å². The number of hydrogen-bond acceptors (Lipinski definition) is 7. The first kappa shape index (κ1) is 21.3. The summed E-state index contributed by atoms with van der Waals surface area (Å²) >= 11 is 1.55. The Morgan fingerprint density at radius 1 is 0.938 bits per heavy atom. The first-order chi connectivity index (χ1) is 15.6. The molecule has 4 rings (SSSR count). The van der Waals surface area contributed by atoms with Crippen LogP contribution in [0.1, 0.15) is 10.4 Å². The SMILES string of the molecule is COc1cc(C(=O)Nc2cccc(-c3csc(-c4cccnc4)n3)c2)cc(OC)c1OC. The van der Waals surface area contributed by atoms with Crippen molar-refractivity contribution in [1.82, 2.24) is 9.97 Å². The zero-order chi connectivity index (χ0) is 22.5. The van der Waals surface area contributed by atoms with E-state index in [2.05, 4.69) is 10.3 Å². The van der Waals surface area contributed by atoms with Crippen molar-refractivity contribution in [1.29, 1.82) is 0 Å². The van der Waals surface area contributed by atoms with Crippen LogP contribution >= 0.6 is 11.3 Å². The van der Waals surface area contributed by atoms with Crippen LogP contribution in [0.2, 0.25) is 0 Å². The number of rotatable bonds is 7. The Balaban J connectivity index is 1.57. The topological polar surface area (TPSA) is 82.6 Å². The van der Waals surface area contributed by atoms with E-state index in [0.29, 0.717) is 28.5 Å². The molecule has 2 aromatic carbocycles. The molecule has 0 spiro atoms. The third-order valence-electron chi connectivity index (χ3n) is 4.76. The molecule has 1 N–H and O–H groups in total. The van der Waals surface area contributed by atoms with E-state index in [-0.39, 0.29) is 5.91 Å². The Bertz CT molecular complexity index is 1220. The van der Waals surface area contributed by atoms with Crippen LogP contribution in [0.15, 0.2) is 66.3 Å². The first-order valence-electron chi connectivity index (χ1n) is 9.70. The second-order valence-electron chi connectivity index (χ2n) is 6.73. The molecule has 0 unspecified atom stereocenters. The molecule has 1 amide bonds. The van der Waals surface area contributed by atoms with Gasteiger partial charge in [-0.1, -0.05) is 12.1 Å². The number of hydrogen-bond donors (Lipinski definition) is 1. The van der Waals surface area contributed by atoms with E-state index < -0.39 is 0 Å². The summed E-state index contributed by atoms with van der Waals surface area (Å²) in [5.41, 5.74) is 3.74. The molecular formula is C24H21N3O4S. The van der Waals surface area contributed by atoms with Crippen LogP contribution in [0.5, 0.6) is 17.2 Å². The number of pyridine rings is 1. The number of nitrogens with zero attached hydrogens (tertiary/aromatic N) is 2. The van der Waals surface area contributed by atoms with Crippen molar-refractivity contribution in [2.75, 3.05) is 26.6 Å². The van der Waals surface area contributed by atoms with E-state index in [1.54, 1.807) is 35.9 Å². The van der Waals surface area contributed by atoms with Gasteiger partial charge in [-0.15, -0.1) is 11.3 Å². The summed E-state index contributed by atoms with van der Waals surface area (Å²) in [5.74, 6) is 0.963. The van der Waals surface area contributed by atoms with Gasteiger partial charge in [0.15, 0.2) is 11.5 Å². The van der Waals surface area contributed by atoms with Gasteiger partial charge in [0.25, 0.3) is 5.91 Å². The maximum Gasteiger partial charge on any atom is 0.255 e. The van der Waals surface area contributed by atoms with Crippen molar-refractivity contribution >= 4 is 22.9 Å². The Kier molecular flexibility index (Phi) is 6.32. The fourth-order valence-electron chi connectivity index (χ4n) is 3.20. The predicted molar refractivity (Wildman–Crippen MR) is 125 cm³/mol. The van der Waals surface area contributed by atoms with Crippen molar-refractivity contribution < 1.29 is 19.0 Å². The zero-order valence-electron chi connectivity index (χ0n) is 17.8. The van der Waals surface area contributed by atoms with E-state index in [4.69, 9.17) is 19.2 Å². The number of ether oxygens (including phenoxy) is 3. The van der Waals surface area contributed by atoms with Crippen molar-refractivity contribution in [3.63, 3.8) is 0 Å². The lowest BCUT2D eigenvalue weighted by Gasteiger charge is -2.14. The Morgan fingerprint density at radius 3 is 2.34 bits per heavy atom. The zero-order valence-corrected chi connectivity index (χ0v) is 18.6. The van der Waals surface area contributed by atoms with Crippen LogP contribution in [0.3, 0.4) is 0 Å². The number of anilines is 1. The highest BCUT2D eigenvalue weighted by molar-refractivity contribution is 7.13. The van der Waals surface area contributed by atoms with Gasteiger partial charge in [0.1, 0.15) is 5.01 Å². The highest BCUT2D eigenvalue weighted by atomic mass is 32.1. The molecule has 8 heteroatoms. The lowest BCUT2D eigenvalue weighted by atomic mass is 10.1. The Morgan fingerprint density at radius 2 is 1.69 bits per heavy atom. The molecule has 4 aromatic rings. The number of amides is 1. The van der Waals surface area contributed by atoms with E-state index in [9.17, 15) is 4.79 Å². The van der Waals surface area contributed by atoms with Crippen molar-refractivity contribution in [2.24, 2.45) is 0 Å². The van der Waals surface area contributed by atoms with Crippen LogP contribution in [0.4, 0.5) is 5.69 Å². The number of aromatic nitrogens is 2. The van der Waals surface area contributed by atoms with E-state index in [1.807, 2.05) is 41.8 Å². The van der Waals surface area contributed by atoms with Gasteiger partial charge in [-0.3, -0.25) is 9.78 Å². The van der Waals surface area contributed by atoms with Gasteiger partial charge in [0, 0.05) is 40.2 Å². The Hall–Kier alpha value is -3.91. The summed E-state index contributed by atoms with van der Waals surface area (Å²) in [6.45, 7) is 0. The van der Waals surface area contributed by atoms with Crippen LogP contribution < -0.4 is 19.5 Å². The molecule has 0 saturated carbocycles. The summed E-state index contributed by atoms with van der Waals surface area (Å²) in [6.07, 6.45) is 3.52. The summed E-state index contributed by atoms with van der Waals surface area (Å²) < 4.78 is 16.0. The predicted octanol–water partition coefficient (Wildman–Crippen LogP) is 5.15. The van der Waals surface area contributed by atoms with Crippen LogP contribution in [0, 0.1) is 0 Å². The maximum absolute atomic E-state index is 12.9. The molecule has 0 radical (unpaired) electrons. The summed E-state index contributed by atoms with van der Waals surface area (Å²) in [7, 11) is 4.54. The lowest BCUT2D eigenvalue weighted by Crippen LogP contribution is -2.12. The van der Waals surface area contributed by atoms with Crippen LogP contribution in [-0.2, 0) is 0 Å². The molecule has 162 valence electrons. The summed E-state index contributed by atoms with van der Waals surface area (Å²) in [4.78, 5) is 21.8. The van der Waals surface area contributed by atoms with Gasteiger partial charge in [-0.2, -0.15) is 0 Å². The second kappa shape index (κ2) is 9.49. The molecule has 7 nitrogen and oxygen atoms in total. The normalized spacial score (nSPS) is 10.5. The van der Waals surface area contributed by atoms with Gasteiger partial charge in [0.05, 0.1) is 27.0 Å². The van der Waals surface area contributed by atoms with E-state index in [0.717, 1.165) is 21.8 Å².